The summed E-state index contributed by atoms with van der Waals surface area (Å²) in [5.74, 6) is -0.152. The molecule has 0 heterocycles. The molecular weight excluding hydrogens is 257 g/mol. The van der Waals surface area contributed by atoms with Crippen LogP contribution >= 0.6 is 15.9 Å². The second-order valence-electron chi connectivity index (χ2n) is 4.93. The van der Waals surface area contributed by atoms with E-state index in [1.165, 1.54) is 6.07 Å². The molecule has 1 fully saturated rings. The highest BCUT2D eigenvalue weighted by atomic mass is 79.9. The van der Waals surface area contributed by atoms with Crippen LogP contribution in [-0.2, 0) is 5.41 Å². The number of benzene rings is 1. The summed E-state index contributed by atoms with van der Waals surface area (Å²) in [7, 11) is 0. The van der Waals surface area contributed by atoms with Crippen LogP contribution in [-0.4, -0.2) is 5.54 Å². The van der Waals surface area contributed by atoms with Gasteiger partial charge in [-0.3, -0.25) is 0 Å². The molecule has 82 valence electrons. The smallest absolute Gasteiger partial charge is 0.128 e. The molecule has 1 aliphatic carbocycles. The van der Waals surface area contributed by atoms with E-state index in [1.807, 2.05) is 26.0 Å². The number of hydrogen-bond donors (Lipinski definition) is 1. The molecule has 1 aliphatic rings. The van der Waals surface area contributed by atoms with E-state index < -0.39 is 0 Å². The summed E-state index contributed by atoms with van der Waals surface area (Å²) in [6.45, 7) is 3.95. The first-order valence-corrected chi connectivity index (χ1v) is 5.90. The summed E-state index contributed by atoms with van der Waals surface area (Å²) in [5.41, 5.74) is 6.38. The highest BCUT2D eigenvalue weighted by molar-refractivity contribution is 9.10. The van der Waals surface area contributed by atoms with Crippen molar-refractivity contribution in [2.75, 3.05) is 0 Å². The average molecular weight is 272 g/mol. The fourth-order valence-corrected chi connectivity index (χ4v) is 2.60. The Balaban J connectivity index is 2.47. The Morgan fingerprint density at radius 1 is 1.40 bits per heavy atom. The molecular formula is C12H15BrFN. The van der Waals surface area contributed by atoms with Gasteiger partial charge in [0.05, 0.1) is 0 Å². The average Bonchev–Trinajstić information content (AvgIpc) is 2.83. The normalized spacial score (nSPS) is 19.0. The molecule has 1 aromatic rings. The van der Waals surface area contributed by atoms with Crippen LogP contribution in [0.25, 0.3) is 0 Å². The highest BCUT2D eigenvalue weighted by Gasteiger charge is 2.54. The van der Waals surface area contributed by atoms with Crippen molar-refractivity contribution in [2.24, 2.45) is 5.73 Å². The van der Waals surface area contributed by atoms with E-state index in [0.29, 0.717) is 0 Å². The molecule has 0 unspecified atom stereocenters. The first kappa shape index (κ1) is 11.1. The first-order chi connectivity index (χ1) is 6.87. The van der Waals surface area contributed by atoms with Gasteiger partial charge in [-0.15, -0.1) is 0 Å². The molecule has 0 aliphatic heterocycles. The van der Waals surface area contributed by atoms with Crippen LogP contribution in [0.1, 0.15) is 32.3 Å². The zero-order chi connectivity index (χ0) is 11.3. The Kier molecular flexibility index (Phi) is 2.43. The first-order valence-electron chi connectivity index (χ1n) is 5.11. The Labute approximate surface area is 98.0 Å². The van der Waals surface area contributed by atoms with Crippen molar-refractivity contribution in [3.63, 3.8) is 0 Å². The summed E-state index contributed by atoms with van der Waals surface area (Å²) < 4.78 is 14.6. The Hall–Kier alpha value is -0.410. The quantitative estimate of drug-likeness (QED) is 0.877. The van der Waals surface area contributed by atoms with Gasteiger partial charge in [-0.1, -0.05) is 22.0 Å². The molecule has 0 bridgehead atoms. The lowest BCUT2D eigenvalue weighted by Crippen LogP contribution is -2.45. The number of rotatable bonds is 2. The summed E-state index contributed by atoms with van der Waals surface area (Å²) in [4.78, 5) is 0. The van der Waals surface area contributed by atoms with E-state index in [0.717, 1.165) is 22.9 Å². The zero-order valence-electron chi connectivity index (χ0n) is 8.98. The number of hydrogen-bond acceptors (Lipinski definition) is 1. The maximum atomic E-state index is 13.8. The van der Waals surface area contributed by atoms with E-state index in [4.69, 9.17) is 5.73 Å². The summed E-state index contributed by atoms with van der Waals surface area (Å²) in [6, 6.07) is 5.24. The van der Waals surface area contributed by atoms with Crippen LogP contribution in [0.3, 0.4) is 0 Å². The van der Waals surface area contributed by atoms with Gasteiger partial charge >= 0.3 is 0 Å². The monoisotopic (exact) mass is 271 g/mol. The molecule has 2 N–H and O–H groups in total. The molecule has 1 saturated carbocycles. The second kappa shape index (κ2) is 3.29. The zero-order valence-corrected chi connectivity index (χ0v) is 10.6. The van der Waals surface area contributed by atoms with Crippen molar-refractivity contribution in [1.29, 1.82) is 0 Å². The topological polar surface area (TPSA) is 26.0 Å². The van der Waals surface area contributed by atoms with Crippen molar-refractivity contribution in [3.8, 4) is 0 Å². The Morgan fingerprint density at radius 2 is 2.00 bits per heavy atom. The molecule has 0 atom stereocenters. The Bertz CT molecular complexity index is 391. The summed E-state index contributed by atoms with van der Waals surface area (Å²) in [5, 5.41) is 0. The van der Waals surface area contributed by atoms with Gasteiger partial charge in [0.2, 0.25) is 0 Å². The molecule has 0 aromatic heterocycles. The number of nitrogens with two attached hydrogens (primary N) is 1. The SMILES string of the molecule is CC(C)(N)C1(c2ccc(Br)cc2F)CC1. The van der Waals surface area contributed by atoms with E-state index in [2.05, 4.69) is 15.9 Å². The van der Waals surface area contributed by atoms with Crippen molar-refractivity contribution in [3.05, 3.63) is 34.1 Å². The Morgan fingerprint density at radius 3 is 2.40 bits per heavy atom. The third-order valence-electron chi connectivity index (χ3n) is 3.43. The van der Waals surface area contributed by atoms with Crippen LogP contribution in [0.15, 0.2) is 22.7 Å². The standard InChI is InChI=1S/C12H15BrFN/c1-11(2,15)12(5-6-12)9-4-3-8(13)7-10(9)14/h3-4,7H,5-6,15H2,1-2H3. The van der Waals surface area contributed by atoms with Crippen LogP contribution in [0.4, 0.5) is 4.39 Å². The van der Waals surface area contributed by atoms with Gasteiger partial charge in [-0.05, 0) is 44.4 Å². The third-order valence-corrected chi connectivity index (χ3v) is 3.92. The third kappa shape index (κ3) is 1.72. The molecule has 0 amide bonds. The molecule has 1 aromatic carbocycles. The largest absolute Gasteiger partial charge is 0.325 e. The van der Waals surface area contributed by atoms with Gasteiger partial charge in [0, 0.05) is 15.4 Å². The molecule has 3 heteroatoms. The van der Waals surface area contributed by atoms with Gasteiger partial charge in [0.1, 0.15) is 5.82 Å². The van der Waals surface area contributed by atoms with E-state index in [9.17, 15) is 4.39 Å². The molecule has 0 radical (unpaired) electrons. The van der Waals surface area contributed by atoms with E-state index in [-0.39, 0.29) is 16.8 Å². The van der Waals surface area contributed by atoms with Gasteiger partial charge in [0.15, 0.2) is 0 Å². The summed E-state index contributed by atoms with van der Waals surface area (Å²) in [6.07, 6.45) is 1.96. The fourth-order valence-electron chi connectivity index (χ4n) is 2.26. The van der Waals surface area contributed by atoms with Gasteiger partial charge in [-0.25, -0.2) is 4.39 Å². The maximum absolute atomic E-state index is 13.8. The molecule has 0 spiro atoms. The number of halogens is 2. The fraction of sp³-hybridized carbons (Fsp3) is 0.500. The second-order valence-corrected chi connectivity index (χ2v) is 5.84. The van der Waals surface area contributed by atoms with E-state index >= 15 is 0 Å². The van der Waals surface area contributed by atoms with Crippen LogP contribution in [0, 0.1) is 5.82 Å². The molecule has 2 rings (SSSR count). The molecule has 15 heavy (non-hydrogen) atoms. The minimum Gasteiger partial charge on any atom is -0.325 e. The lowest BCUT2D eigenvalue weighted by atomic mass is 9.79. The van der Waals surface area contributed by atoms with Gasteiger partial charge < -0.3 is 5.73 Å². The van der Waals surface area contributed by atoms with Crippen molar-refractivity contribution in [1.82, 2.24) is 0 Å². The van der Waals surface area contributed by atoms with Gasteiger partial charge in [-0.2, -0.15) is 0 Å². The maximum Gasteiger partial charge on any atom is 0.128 e. The van der Waals surface area contributed by atoms with Crippen LogP contribution in [0.2, 0.25) is 0 Å². The minimum absolute atomic E-state index is 0.152. The lowest BCUT2D eigenvalue weighted by Gasteiger charge is -2.31. The van der Waals surface area contributed by atoms with Gasteiger partial charge in [0.25, 0.3) is 0 Å². The molecule has 1 nitrogen and oxygen atoms in total. The predicted molar refractivity (Wildman–Crippen MR) is 63.3 cm³/mol. The minimum atomic E-state index is -0.359. The highest BCUT2D eigenvalue weighted by Crippen LogP contribution is 2.55. The van der Waals surface area contributed by atoms with Crippen LogP contribution < -0.4 is 5.73 Å². The van der Waals surface area contributed by atoms with Crippen LogP contribution in [0.5, 0.6) is 0 Å². The van der Waals surface area contributed by atoms with Crippen molar-refractivity contribution in [2.45, 2.75) is 37.6 Å². The predicted octanol–water partition coefficient (Wildman–Crippen LogP) is 3.36. The van der Waals surface area contributed by atoms with E-state index in [1.54, 1.807) is 0 Å². The van der Waals surface area contributed by atoms with Crippen molar-refractivity contribution < 1.29 is 4.39 Å². The van der Waals surface area contributed by atoms with Crippen molar-refractivity contribution >= 4 is 15.9 Å². The molecule has 0 saturated heterocycles. The summed E-state index contributed by atoms with van der Waals surface area (Å²) >= 11 is 3.26. The lowest BCUT2D eigenvalue weighted by molar-refractivity contribution is 0.379.